The van der Waals surface area contributed by atoms with Crippen molar-refractivity contribution >= 4 is 54.1 Å². The number of hydrogen-bond donors (Lipinski definition) is 5. The first kappa shape index (κ1) is 29.6. The van der Waals surface area contributed by atoms with Crippen LogP contribution in [0.3, 0.4) is 0 Å². The van der Waals surface area contributed by atoms with Gasteiger partial charge in [0.15, 0.2) is 9.84 Å². The van der Waals surface area contributed by atoms with Crippen LogP contribution in [0.4, 0.5) is 34.1 Å². The molecule has 3 aromatic carbocycles. The normalized spacial score (nSPS) is 12.4. The van der Waals surface area contributed by atoms with E-state index >= 15 is 0 Å². The molecule has 0 fully saturated rings. The Morgan fingerprint density at radius 3 is 2.08 bits per heavy atom. The Labute approximate surface area is 224 Å². The second-order valence-electron chi connectivity index (χ2n) is 8.06. The third-order valence-electron chi connectivity index (χ3n) is 5.46. The molecule has 0 aliphatic rings. The zero-order valence-electron chi connectivity index (χ0n) is 20.8. The fourth-order valence-electron chi connectivity index (χ4n) is 3.43. The maximum atomic E-state index is 12.5. The lowest BCUT2D eigenvalue weighted by Gasteiger charge is -2.13. The number of methoxy groups -OCH3 is 1. The summed E-state index contributed by atoms with van der Waals surface area (Å²) in [7, 11) is -7.56. The minimum absolute atomic E-state index is 0.0442. The van der Waals surface area contributed by atoms with Crippen LogP contribution in [-0.4, -0.2) is 51.1 Å². The van der Waals surface area contributed by atoms with E-state index < -0.39 is 49.5 Å². The van der Waals surface area contributed by atoms with Gasteiger partial charge >= 0.3 is 0 Å². The second kappa shape index (κ2) is 11.8. The van der Waals surface area contributed by atoms with E-state index in [1.54, 1.807) is 31.2 Å². The van der Waals surface area contributed by atoms with Gasteiger partial charge in [0.2, 0.25) is 0 Å². The summed E-state index contributed by atoms with van der Waals surface area (Å²) in [6, 6.07) is 10.1. The van der Waals surface area contributed by atoms with Crippen molar-refractivity contribution in [3.8, 4) is 5.75 Å². The molecule has 39 heavy (non-hydrogen) atoms. The Bertz CT molecular complexity index is 1670. The molecule has 0 bridgehead atoms. The fourth-order valence-corrected chi connectivity index (χ4v) is 5.34. The van der Waals surface area contributed by atoms with Crippen molar-refractivity contribution in [1.82, 2.24) is 0 Å². The fraction of sp³-hybridized carbons (Fsp3) is 0.217. The van der Waals surface area contributed by atoms with Gasteiger partial charge in [-0.2, -0.15) is 13.5 Å². The summed E-state index contributed by atoms with van der Waals surface area (Å²) in [5.74, 6) is -0.638. The summed E-state index contributed by atoms with van der Waals surface area (Å²) in [5, 5.41) is 34.8. The SMILES string of the molecule is COc1cc(S(=O)(=O)CCO)c(CO)cc1/N=N/c1cc(S(=O)(=O)O)c(N)c(/N=N/c2ccccc2C)c1N. The van der Waals surface area contributed by atoms with E-state index in [4.69, 9.17) is 21.3 Å². The summed E-state index contributed by atoms with van der Waals surface area (Å²) in [5.41, 5.74) is 12.0. The lowest BCUT2D eigenvalue weighted by molar-refractivity contribution is 0.278. The van der Waals surface area contributed by atoms with Crippen LogP contribution in [0.25, 0.3) is 0 Å². The summed E-state index contributed by atoms with van der Waals surface area (Å²) in [6.07, 6.45) is 0. The Morgan fingerprint density at radius 1 is 0.846 bits per heavy atom. The Kier molecular flexibility index (Phi) is 8.98. The molecule has 0 saturated carbocycles. The Hall–Kier alpha value is -3.96. The van der Waals surface area contributed by atoms with Crippen LogP contribution in [0.15, 0.2) is 72.7 Å². The highest BCUT2D eigenvalue weighted by molar-refractivity contribution is 7.91. The first-order valence-electron chi connectivity index (χ1n) is 11.1. The van der Waals surface area contributed by atoms with E-state index in [-0.39, 0.29) is 39.0 Å². The molecule has 0 radical (unpaired) electrons. The van der Waals surface area contributed by atoms with Crippen molar-refractivity contribution in [3.63, 3.8) is 0 Å². The van der Waals surface area contributed by atoms with Gasteiger partial charge in [-0.3, -0.25) is 4.55 Å². The second-order valence-corrected chi connectivity index (χ2v) is 11.5. The van der Waals surface area contributed by atoms with E-state index in [1.807, 2.05) is 0 Å². The highest BCUT2D eigenvalue weighted by atomic mass is 32.2. The summed E-state index contributed by atoms with van der Waals surface area (Å²) >= 11 is 0. The predicted molar refractivity (Wildman–Crippen MR) is 143 cm³/mol. The van der Waals surface area contributed by atoms with E-state index in [2.05, 4.69) is 20.5 Å². The molecule has 0 aromatic heterocycles. The molecular formula is C23H26N6O8S2. The molecule has 16 heteroatoms. The number of anilines is 2. The zero-order valence-corrected chi connectivity index (χ0v) is 22.4. The molecule has 7 N–H and O–H groups in total. The Balaban J connectivity index is 2.18. The molecule has 0 unspecified atom stereocenters. The molecule has 0 spiro atoms. The van der Waals surface area contributed by atoms with Gasteiger partial charge in [0.25, 0.3) is 10.1 Å². The molecule has 0 atom stereocenters. The van der Waals surface area contributed by atoms with Crippen molar-refractivity contribution in [2.45, 2.75) is 23.3 Å². The van der Waals surface area contributed by atoms with Crippen molar-refractivity contribution in [3.05, 3.63) is 53.6 Å². The van der Waals surface area contributed by atoms with Gasteiger partial charge in [0, 0.05) is 6.07 Å². The molecule has 208 valence electrons. The van der Waals surface area contributed by atoms with Gasteiger partial charge in [-0.25, -0.2) is 8.42 Å². The number of nitrogen functional groups attached to an aromatic ring is 2. The number of aliphatic hydroxyl groups excluding tert-OH is 2. The number of benzene rings is 3. The number of ether oxygens (including phenoxy) is 1. The number of aryl methyl sites for hydroxylation is 1. The lowest BCUT2D eigenvalue weighted by Crippen LogP contribution is -2.12. The first-order chi connectivity index (χ1) is 18.3. The van der Waals surface area contributed by atoms with Crippen LogP contribution in [0.1, 0.15) is 11.1 Å². The van der Waals surface area contributed by atoms with Gasteiger partial charge in [0.05, 0.1) is 48.0 Å². The largest absolute Gasteiger partial charge is 0.494 e. The smallest absolute Gasteiger partial charge is 0.296 e. The van der Waals surface area contributed by atoms with Gasteiger partial charge < -0.3 is 26.4 Å². The van der Waals surface area contributed by atoms with Gasteiger partial charge in [-0.15, -0.1) is 15.3 Å². The number of sulfone groups is 1. The minimum Gasteiger partial charge on any atom is -0.494 e. The minimum atomic E-state index is -4.85. The average molecular weight is 579 g/mol. The third-order valence-corrected chi connectivity index (χ3v) is 8.13. The number of nitrogens with zero attached hydrogens (tertiary/aromatic N) is 4. The van der Waals surface area contributed by atoms with Crippen molar-refractivity contribution < 1.29 is 36.3 Å². The quantitative estimate of drug-likeness (QED) is 0.133. The summed E-state index contributed by atoms with van der Waals surface area (Å²) < 4.78 is 63.9. The highest BCUT2D eigenvalue weighted by Crippen LogP contribution is 2.44. The van der Waals surface area contributed by atoms with Crippen LogP contribution in [0.5, 0.6) is 5.75 Å². The number of nitrogens with two attached hydrogens (primary N) is 2. The van der Waals surface area contributed by atoms with Crippen molar-refractivity contribution in [1.29, 1.82) is 0 Å². The number of hydrogen-bond acceptors (Lipinski definition) is 13. The molecule has 3 aromatic rings. The van der Waals surface area contributed by atoms with Crippen molar-refractivity contribution in [2.75, 3.05) is 30.9 Å². The van der Waals surface area contributed by atoms with Gasteiger partial charge in [0.1, 0.15) is 27.7 Å². The maximum absolute atomic E-state index is 12.5. The number of aliphatic hydroxyl groups is 2. The average Bonchev–Trinajstić information content (AvgIpc) is 2.87. The van der Waals surface area contributed by atoms with E-state index in [1.165, 1.54) is 13.2 Å². The predicted octanol–water partition coefficient (Wildman–Crippen LogP) is 3.50. The van der Waals surface area contributed by atoms with Crippen LogP contribution in [-0.2, 0) is 26.6 Å². The topological polar surface area (TPSA) is 240 Å². The van der Waals surface area contributed by atoms with Crippen LogP contribution in [0, 0.1) is 6.92 Å². The summed E-state index contributed by atoms with van der Waals surface area (Å²) in [6.45, 7) is 0.462. The molecule has 14 nitrogen and oxygen atoms in total. The van der Waals surface area contributed by atoms with Crippen LogP contribution >= 0.6 is 0 Å². The summed E-state index contributed by atoms with van der Waals surface area (Å²) in [4.78, 5) is -1.01. The molecule has 0 aliphatic heterocycles. The number of azo groups is 2. The molecule has 0 amide bonds. The molecular weight excluding hydrogens is 552 g/mol. The third kappa shape index (κ3) is 6.55. The molecule has 3 rings (SSSR count). The molecule has 0 saturated heterocycles. The zero-order chi connectivity index (χ0) is 29.0. The van der Waals surface area contributed by atoms with E-state index in [0.29, 0.717) is 5.69 Å². The monoisotopic (exact) mass is 578 g/mol. The highest BCUT2D eigenvalue weighted by Gasteiger charge is 2.24. The number of rotatable bonds is 10. The standard InChI is InChI=1S/C23H26N6O8S2/c1-13-5-3-4-6-15(13)26-29-23-21(24)17(10-20(22(23)25)39(34,35)36)28-27-16-9-14(12-31)19(11-18(16)37-2)38(32,33)8-7-30/h3-6,9-11,30-31H,7-8,12,24-25H2,1-2H3,(H,34,35,36)/b28-27+,29-26+. The lowest BCUT2D eigenvalue weighted by atomic mass is 10.2. The van der Waals surface area contributed by atoms with Crippen molar-refractivity contribution in [2.24, 2.45) is 20.5 Å². The maximum Gasteiger partial charge on any atom is 0.296 e. The van der Waals surface area contributed by atoms with Gasteiger partial charge in [-0.05, 0) is 36.2 Å². The van der Waals surface area contributed by atoms with Crippen LogP contribution in [0.2, 0.25) is 0 Å². The van der Waals surface area contributed by atoms with Gasteiger partial charge in [-0.1, -0.05) is 18.2 Å². The van der Waals surface area contributed by atoms with E-state index in [0.717, 1.165) is 17.7 Å². The Morgan fingerprint density at radius 2 is 1.49 bits per heavy atom. The first-order valence-corrected chi connectivity index (χ1v) is 14.2. The van der Waals surface area contributed by atoms with E-state index in [9.17, 15) is 26.5 Å². The van der Waals surface area contributed by atoms with Crippen LogP contribution < -0.4 is 16.2 Å². The molecule has 0 aliphatic carbocycles. The molecule has 0 heterocycles.